The van der Waals surface area contributed by atoms with Crippen LogP contribution in [0.15, 0.2) is 170 Å². The highest BCUT2D eigenvalue weighted by Gasteiger charge is 2.28. The lowest BCUT2D eigenvalue weighted by Crippen LogP contribution is -1.93. The van der Waals surface area contributed by atoms with E-state index in [0.29, 0.717) is 0 Å². The van der Waals surface area contributed by atoms with Crippen molar-refractivity contribution in [2.45, 2.75) is 13.8 Å². The largest absolute Gasteiger partial charge is 0.309 e. The molecule has 60 heavy (non-hydrogen) atoms. The van der Waals surface area contributed by atoms with Crippen molar-refractivity contribution in [3.05, 3.63) is 181 Å². The van der Waals surface area contributed by atoms with Crippen LogP contribution >= 0.6 is 0 Å². The average Bonchev–Trinajstić information content (AvgIpc) is 4.11. The molecule has 0 atom stereocenters. The lowest BCUT2D eigenvalue weighted by atomic mass is 9.99. The van der Waals surface area contributed by atoms with Crippen molar-refractivity contribution >= 4 is 120 Å². The predicted octanol–water partition coefficient (Wildman–Crippen LogP) is 14.8. The number of aryl methyl sites for hydroxylation is 2. The molecule has 0 aliphatic rings. The molecule has 6 heterocycles. The van der Waals surface area contributed by atoms with Crippen LogP contribution in [0, 0.1) is 13.8 Å². The van der Waals surface area contributed by atoms with Gasteiger partial charge in [0.1, 0.15) is 0 Å². The predicted molar refractivity (Wildman–Crippen MR) is 254 cm³/mol. The molecular weight excluding hydrogens is 729 g/mol. The third kappa shape index (κ3) is 3.58. The fourth-order valence-corrected chi connectivity index (χ4v) is 11.5. The van der Waals surface area contributed by atoms with Gasteiger partial charge in [-0.05, 0) is 86.6 Å². The zero-order valence-corrected chi connectivity index (χ0v) is 33.0. The number of aromatic nitrogens is 4. The number of fused-ring (bicyclic) bond motifs is 20. The van der Waals surface area contributed by atoms with Crippen LogP contribution in [0.3, 0.4) is 0 Å². The van der Waals surface area contributed by atoms with Gasteiger partial charge in [0, 0.05) is 76.0 Å². The Hall–Kier alpha value is -7.82. The number of nitrogens with zero attached hydrogens (tertiary/aromatic N) is 4. The molecule has 9 aromatic carbocycles. The summed E-state index contributed by atoms with van der Waals surface area (Å²) in [6, 6.07) is 64.0. The highest BCUT2D eigenvalue weighted by Crippen LogP contribution is 2.51. The fraction of sp³-hybridized carbons (Fsp3) is 0.0357. The van der Waals surface area contributed by atoms with Crippen molar-refractivity contribution in [2.24, 2.45) is 0 Å². The highest BCUT2D eigenvalue weighted by atomic mass is 15.0. The van der Waals surface area contributed by atoms with Gasteiger partial charge in [-0.15, -0.1) is 0 Å². The van der Waals surface area contributed by atoms with E-state index < -0.39 is 0 Å². The van der Waals surface area contributed by atoms with Gasteiger partial charge < -0.3 is 17.9 Å². The normalized spacial score (nSPS) is 12.8. The van der Waals surface area contributed by atoms with Crippen molar-refractivity contribution in [3.8, 4) is 11.4 Å². The SMILES string of the molecule is Cc1ccc(-n2c3ccccc3c3c4c5cc6c7c8c9ccccc9n(-c9ccc(C)cc9)c8cc8c9ccccc9n(c6cc5n5c6ccccc6c(cc32)c45)c87)cc1. The molecule has 0 unspecified atom stereocenters. The molecule has 0 aliphatic heterocycles. The number of benzene rings is 9. The molecule has 4 heteroatoms. The minimum absolute atomic E-state index is 1.18. The molecule has 0 saturated heterocycles. The van der Waals surface area contributed by atoms with Crippen LogP contribution in [0.2, 0.25) is 0 Å². The number of hydrogen-bond acceptors (Lipinski definition) is 0. The Balaban J connectivity index is 1.22. The summed E-state index contributed by atoms with van der Waals surface area (Å²) in [5.41, 5.74) is 17.4. The molecule has 0 N–H and O–H groups in total. The zero-order valence-electron chi connectivity index (χ0n) is 33.0. The lowest BCUT2D eigenvalue weighted by molar-refractivity contribution is 1.18. The first kappa shape index (κ1) is 31.2. The lowest BCUT2D eigenvalue weighted by Gasteiger charge is -2.09. The first-order valence-corrected chi connectivity index (χ1v) is 20.9. The molecule has 15 rings (SSSR count). The zero-order chi connectivity index (χ0) is 39.1. The maximum absolute atomic E-state index is 2.57. The van der Waals surface area contributed by atoms with E-state index in [4.69, 9.17) is 0 Å². The van der Waals surface area contributed by atoms with E-state index in [0.717, 1.165) is 0 Å². The van der Waals surface area contributed by atoms with Crippen molar-refractivity contribution in [2.75, 3.05) is 0 Å². The standard InChI is InChI=1S/C56H34N4/c1-31-19-23-33(24-20-31)57-45-17-9-5-13-37(45)51-49(57)28-39-35-11-3-7-15-43(35)59-47-30-48-42(27-41(47)53(51)55(39)59)54-52-38-14-6-10-18-46(38)58(34-25-21-32(2)22-26-34)50(52)29-40-36-12-4-8-16-44(36)60(48)56(40)54/h3-30H,1-2H3. The molecule has 6 aromatic heterocycles. The summed E-state index contributed by atoms with van der Waals surface area (Å²) in [5, 5.41) is 15.5. The van der Waals surface area contributed by atoms with E-state index >= 15 is 0 Å². The Morgan fingerprint density at radius 2 is 0.650 bits per heavy atom. The quantitative estimate of drug-likeness (QED) is 0.167. The molecular formula is C56H34N4. The summed E-state index contributed by atoms with van der Waals surface area (Å²) in [6.45, 7) is 4.33. The Labute approximate surface area is 342 Å². The van der Waals surface area contributed by atoms with Crippen LogP contribution in [-0.4, -0.2) is 17.9 Å². The summed E-state index contributed by atoms with van der Waals surface area (Å²) in [7, 11) is 0. The molecule has 15 aromatic rings. The van der Waals surface area contributed by atoms with Crippen molar-refractivity contribution in [3.63, 3.8) is 0 Å². The summed E-state index contributed by atoms with van der Waals surface area (Å²) in [6.07, 6.45) is 0. The van der Waals surface area contributed by atoms with E-state index in [9.17, 15) is 0 Å². The minimum atomic E-state index is 1.18. The maximum atomic E-state index is 2.57. The van der Waals surface area contributed by atoms with Gasteiger partial charge in [-0.1, -0.05) is 108 Å². The first-order chi connectivity index (χ1) is 29.6. The number of para-hydroxylation sites is 4. The second-order valence-electron chi connectivity index (χ2n) is 17.1. The van der Waals surface area contributed by atoms with E-state index in [-0.39, 0.29) is 0 Å². The van der Waals surface area contributed by atoms with Gasteiger partial charge in [-0.2, -0.15) is 0 Å². The van der Waals surface area contributed by atoms with Crippen LogP contribution < -0.4 is 0 Å². The fourth-order valence-electron chi connectivity index (χ4n) is 11.5. The van der Waals surface area contributed by atoms with Crippen LogP contribution in [-0.2, 0) is 0 Å². The van der Waals surface area contributed by atoms with Gasteiger partial charge >= 0.3 is 0 Å². The van der Waals surface area contributed by atoms with Crippen molar-refractivity contribution in [1.29, 1.82) is 0 Å². The van der Waals surface area contributed by atoms with Crippen LogP contribution in [0.1, 0.15) is 11.1 Å². The van der Waals surface area contributed by atoms with Gasteiger partial charge in [0.15, 0.2) is 0 Å². The monoisotopic (exact) mass is 762 g/mol. The van der Waals surface area contributed by atoms with Crippen molar-refractivity contribution in [1.82, 2.24) is 17.9 Å². The molecule has 4 nitrogen and oxygen atoms in total. The van der Waals surface area contributed by atoms with Crippen LogP contribution in [0.5, 0.6) is 0 Å². The molecule has 0 saturated carbocycles. The highest BCUT2D eigenvalue weighted by molar-refractivity contribution is 6.40. The molecule has 0 bridgehead atoms. The number of rotatable bonds is 2. The van der Waals surface area contributed by atoms with Gasteiger partial charge in [-0.25, -0.2) is 0 Å². The molecule has 0 spiro atoms. The smallest absolute Gasteiger partial charge is 0.0628 e. The Bertz CT molecular complexity index is 4060. The minimum Gasteiger partial charge on any atom is -0.309 e. The van der Waals surface area contributed by atoms with Gasteiger partial charge in [0.05, 0.1) is 55.2 Å². The van der Waals surface area contributed by atoms with Crippen LogP contribution in [0.4, 0.5) is 0 Å². The molecule has 278 valence electrons. The summed E-state index contributed by atoms with van der Waals surface area (Å²) in [5.74, 6) is 0. The van der Waals surface area contributed by atoms with Gasteiger partial charge in [0.25, 0.3) is 0 Å². The van der Waals surface area contributed by atoms with E-state index in [1.807, 2.05) is 0 Å². The Morgan fingerprint density at radius 1 is 0.267 bits per heavy atom. The Kier molecular flexibility index (Phi) is 5.52. The number of hydrogen-bond donors (Lipinski definition) is 0. The molecule has 0 aliphatic carbocycles. The average molecular weight is 763 g/mol. The molecule has 0 amide bonds. The maximum Gasteiger partial charge on any atom is 0.0628 e. The topological polar surface area (TPSA) is 18.7 Å². The Morgan fingerprint density at radius 3 is 1.08 bits per heavy atom. The van der Waals surface area contributed by atoms with E-state index in [1.54, 1.807) is 0 Å². The second-order valence-corrected chi connectivity index (χ2v) is 17.1. The van der Waals surface area contributed by atoms with Gasteiger partial charge in [-0.3, -0.25) is 0 Å². The van der Waals surface area contributed by atoms with Crippen LogP contribution in [0.25, 0.3) is 131 Å². The summed E-state index contributed by atoms with van der Waals surface area (Å²) < 4.78 is 10.1. The third-order valence-corrected chi connectivity index (χ3v) is 13.9. The van der Waals surface area contributed by atoms with Crippen molar-refractivity contribution < 1.29 is 0 Å². The third-order valence-electron chi connectivity index (χ3n) is 13.9. The second kappa shape index (κ2) is 10.6. The first-order valence-electron chi connectivity index (χ1n) is 20.9. The summed E-state index contributed by atoms with van der Waals surface area (Å²) in [4.78, 5) is 0. The van der Waals surface area contributed by atoms with E-state index in [2.05, 4.69) is 202 Å². The molecule has 0 radical (unpaired) electrons. The molecule has 0 fully saturated rings. The summed E-state index contributed by atoms with van der Waals surface area (Å²) >= 11 is 0. The van der Waals surface area contributed by atoms with Gasteiger partial charge in [0.2, 0.25) is 0 Å². The van der Waals surface area contributed by atoms with E-state index in [1.165, 1.54) is 142 Å².